The van der Waals surface area contributed by atoms with Crippen LogP contribution in [0.15, 0.2) is 54.6 Å². The summed E-state index contributed by atoms with van der Waals surface area (Å²) < 4.78 is 0. The maximum Gasteiger partial charge on any atom is 0.223 e. The quantitative estimate of drug-likeness (QED) is 0.681. The van der Waals surface area contributed by atoms with Gasteiger partial charge in [-0.2, -0.15) is 0 Å². The minimum atomic E-state index is 0.290. The van der Waals surface area contributed by atoms with Crippen LogP contribution in [-0.4, -0.2) is 30.4 Å². The van der Waals surface area contributed by atoms with Gasteiger partial charge in [0.1, 0.15) is 0 Å². The molecule has 26 heavy (non-hydrogen) atoms. The Morgan fingerprint density at radius 1 is 1.00 bits per heavy atom. The van der Waals surface area contributed by atoms with E-state index in [-0.39, 0.29) is 0 Å². The first kappa shape index (κ1) is 18.5. The molecule has 1 amide bonds. The molecule has 0 saturated carbocycles. The number of fused-ring (bicyclic) bond motifs is 1. The molecule has 3 nitrogen and oxygen atoms in total. The highest BCUT2D eigenvalue weighted by Gasteiger charge is 2.30. The van der Waals surface area contributed by atoms with Crippen LogP contribution >= 0.6 is 0 Å². The molecule has 3 rings (SSSR count). The van der Waals surface area contributed by atoms with Crippen LogP contribution in [0.25, 0.3) is 0 Å². The second kappa shape index (κ2) is 8.88. The van der Waals surface area contributed by atoms with E-state index in [1.807, 2.05) is 4.90 Å². The summed E-state index contributed by atoms with van der Waals surface area (Å²) in [5, 5.41) is 0. The Kier molecular flexibility index (Phi) is 6.32. The summed E-state index contributed by atoms with van der Waals surface area (Å²) in [7, 11) is 0. The predicted molar refractivity (Wildman–Crippen MR) is 108 cm³/mol. The third-order valence-electron chi connectivity index (χ3n) is 5.14. The molecule has 0 bridgehead atoms. The van der Waals surface area contributed by atoms with Gasteiger partial charge in [-0.1, -0.05) is 62.4 Å². The Bertz CT molecular complexity index is 707. The number of carbonyl (C=O) groups is 1. The molecule has 1 aliphatic heterocycles. The number of hydrogen-bond acceptors (Lipinski definition) is 2. The zero-order valence-electron chi connectivity index (χ0n) is 16.0. The van der Waals surface area contributed by atoms with Gasteiger partial charge in [-0.05, 0) is 30.0 Å². The van der Waals surface area contributed by atoms with Crippen LogP contribution in [0, 0.1) is 0 Å². The predicted octanol–water partition coefficient (Wildman–Crippen LogP) is 4.83. The van der Waals surface area contributed by atoms with Crippen LogP contribution in [0.2, 0.25) is 0 Å². The number of carbonyl (C=O) groups excluding carboxylic acids is 1. The van der Waals surface area contributed by atoms with E-state index in [2.05, 4.69) is 73.3 Å². The topological polar surface area (TPSA) is 23.6 Å². The maximum atomic E-state index is 12.9. The first-order valence-electron chi connectivity index (χ1n) is 9.88. The van der Waals surface area contributed by atoms with Gasteiger partial charge in [0.2, 0.25) is 5.91 Å². The van der Waals surface area contributed by atoms with Crippen molar-refractivity contribution in [2.75, 3.05) is 24.5 Å². The van der Waals surface area contributed by atoms with Gasteiger partial charge in [0.25, 0.3) is 0 Å². The molecule has 0 radical (unpaired) electrons. The molecule has 2 aromatic rings. The first-order valence-corrected chi connectivity index (χ1v) is 9.88. The van der Waals surface area contributed by atoms with E-state index < -0.39 is 0 Å². The third kappa shape index (κ3) is 4.27. The van der Waals surface area contributed by atoms with Crippen LogP contribution < -0.4 is 4.90 Å². The summed E-state index contributed by atoms with van der Waals surface area (Å²) in [6.07, 6.45) is 2.66. The minimum Gasteiger partial charge on any atom is -0.366 e. The molecule has 1 aliphatic rings. The zero-order valence-corrected chi connectivity index (χ0v) is 16.0. The average Bonchev–Trinajstić information content (AvgIpc) is 3.00. The molecule has 3 heteroatoms. The van der Waals surface area contributed by atoms with E-state index in [4.69, 9.17) is 0 Å². The molecular weight excluding hydrogens is 320 g/mol. The fourth-order valence-electron chi connectivity index (χ4n) is 3.95. The fraction of sp³-hybridized carbons (Fsp3) is 0.435. The Morgan fingerprint density at radius 2 is 1.65 bits per heavy atom. The largest absolute Gasteiger partial charge is 0.366 e. The highest BCUT2D eigenvalue weighted by atomic mass is 16.2. The normalized spacial score (nSPS) is 15.8. The van der Waals surface area contributed by atoms with Crippen molar-refractivity contribution in [3.8, 4) is 0 Å². The van der Waals surface area contributed by atoms with Crippen molar-refractivity contribution in [2.45, 2.75) is 45.6 Å². The zero-order chi connectivity index (χ0) is 18.4. The number of anilines is 1. The van der Waals surface area contributed by atoms with Crippen LogP contribution in [0.4, 0.5) is 5.69 Å². The Labute approximate surface area is 157 Å². The molecule has 138 valence electrons. The van der Waals surface area contributed by atoms with Gasteiger partial charge in [0.05, 0.1) is 0 Å². The van der Waals surface area contributed by atoms with Gasteiger partial charge < -0.3 is 9.80 Å². The third-order valence-corrected chi connectivity index (χ3v) is 5.14. The van der Waals surface area contributed by atoms with Crippen LogP contribution in [0.1, 0.15) is 50.2 Å². The Balaban J connectivity index is 1.74. The lowest BCUT2D eigenvalue weighted by Gasteiger charge is -2.24. The van der Waals surface area contributed by atoms with Crippen molar-refractivity contribution in [3.63, 3.8) is 0 Å². The van der Waals surface area contributed by atoms with Crippen molar-refractivity contribution in [1.29, 1.82) is 0 Å². The number of hydrogen-bond donors (Lipinski definition) is 0. The molecule has 2 aromatic carbocycles. The number of nitrogens with zero attached hydrogens (tertiary/aromatic N) is 2. The molecule has 1 unspecified atom stereocenters. The summed E-state index contributed by atoms with van der Waals surface area (Å²) in [5.41, 5.74) is 3.92. The van der Waals surface area contributed by atoms with Crippen molar-refractivity contribution >= 4 is 11.6 Å². The van der Waals surface area contributed by atoms with E-state index in [0.29, 0.717) is 18.2 Å². The highest BCUT2D eigenvalue weighted by molar-refractivity contribution is 5.78. The van der Waals surface area contributed by atoms with Crippen LogP contribution in [0.3, 0.4) is 0 Å². The van der Waals surface area contributed by atoms with E-state index in [9.17, 15) is 4.79 Å². The summed E-state index contributed by atoms with van der Waals surface area (Å²) in [6.45, 7) is 7.84. The SMILES string of the molecule is CCCN(CCC)C(=O)CC1CN(Cc2ccccc2)c2ccccc21. The van der Waals surface area contributed by atoms with Gasteiger partial charge in [-0.3, -0.25) is 4.79 Å². The molecule has 0 aromatic heterocycles. The van der Waals surface area contributed by atoms with E-state index in [1.54, 1.807) is 0 Å². The molecule has 0 N–H and O–H groups in total. The number of benzene rings is 2. The van der Waals surface area contributed by atoms with Crippen molar-refractivity contribution in [3.05, 3.63) is 65.7 Å². The molecule has 1 heterocycles. The molecule has 0 aliphatic carbocycles. The van der Waals surface area contributed by atoms with Gasteiger partial charge >= 0.3 is 0 Å². The smallest absolute Gasteiger partial charge is 0.223 e. The molecule has 1 atom stereocenters. The van der Waals surface area contributed by atoms with Gasteiger partial charge in [0.15, 0.2) is 0 Å². The molecule has 0 spiro atoms. The highest BCUT2D eigenvalue weighted by Crippen LogP contribution is 2.39. The first-order chi connectivity index (χ1) is 12.7. The van der Waals surface area contributed by atoms with Crippen molar-refractivity contribution in [2.24, 2.45) is 0 Å². The lowest BCUT2D eigenvalue weighted by molar-refractivity contribution is -0.131. The fourth-order valence-corrected chi connectivity index (χ4v) is 3.95. The van der Waals surface area contributed by atoms with E-state index >= 15 is 0 Å². The minimum absolute atomic E-state index is 0.290. The van der Waals surface area contributed by atoms with E-state index in [1.165, 1.54) is 16.8 Å². The summed E-state index contributed by atoms with van der Waals surface area (Å²) in [5.74, 6) is 0.591. The van der Waals surface area contributed by atoms with Crippen molar-refractivity contribution < 1.29 is 4.79 Å². The molecule has 0 saturated heterocycles. The summed E-state index contributed by atoms with van der Waals surface area (Å²) in [6, 6.07) is 19.2. The monoisotopic (exact) mass is 350 g/mol. The Hall–Kier alpha value is -2.29. The summed E-state index contributed by atoms with van der Waals surface area (Å²) >= 11 is 0. The van der Waals surface area contributed by atoms with Crippen molar-refractivity contribution in [1.82, 2.24) is 4.90 Å². The molecular formula is C23H30N2O. The number of amides is 1. The van der Waals surface area contributed by atoms with Crippen LogP contribution in [-0.2, 0) is 11.3 Å². The van der Waals surface area contributed by atoms with Gasteiger partial charge in [0, 0.05) is 44.2 Å². The number of rotatable bonds is 8. The lowest BCUT2D eigenvalue weighted by atomic mass is 9.97. The standard InChI is InChI=1S/C23H30N2O/c1-3-14-24(15-4-2)23(26)16-20-18-25(17-19-10-6-5-7-11-19)22-13-9-8-12-21(20)22/h5-13,20H,3-4,14-18H2,1-2H3. The Morgan fingerprint density at radius 3 is 2.35 bits per heavy atom. The maximum absolute atomic E-state index is 12.9. The lowest BCUT2D eigenvalue weighted by Crippen LogP contribution is -2.34. The average molecular weight is 351 g/mol. The second-order valence-electron chi connectivity index (χ2n) is 7.21. The number of para-hydroxylation sites is 1. The summed E-state index contributed by atoms with van der Waals surface area (Å²) in [4.78, 5) is 17.3. The van der Waals surface area contributed by atoms with E-state index in [0.717, 1.165) is 39.0 Å². The van der Waals surface area contributed by atoms with Gasteiger partial charge in [-0.15, -0.1) is 0 Å². The van der Waals surface area contributed by atoms with Gasteiger partial charge in [-0.25, -0.2) is 0 Å². The molecule has 0 fully saturated rings. The second-order valence-corrected chi connectivity index (χ2v) is 7.21. The van der Waals surface area contributed by atoms with Crippen LogP contribution in [0.5, 0.6) is 0 Å².